The van der Waals surface area contributed by atoms with Crippen molar-refractivity contribution in [2.75, 3.05) is 18.7 Å². The summed E-state index contributed by atoms with van der Waals surface area (Å²) in [4.78, 5) is 27.0. The first kappa shape index (κ1) is 20.4. The van der Waals surface area contributed by atoms with Crippen LogP contribution >= 0.6 is 0 Å². The van der Waals surface area contributed by atoms with E-state index in [1.54, 1.807) is 53.9 Å². The maximum Gasteiger partial charge on any atom is 0.356 e. The Kier molecular flexibility index (Phi) is 6.93. The van der Waals surface area contributed by atoms with Crippen molar-refractivity contribution in [3.63, 3.8) is 0 Å². The lowest BCUT2D eigenvalue weighted by atomic mass is 10.2. The molecule has 0 saturated carbocycles. The molecule has 4 N–H and O–H groups in total. The number of aromatic amines is 1. The summed E-state index contributed by atoms with van der Waals surface area (Å²) in [5, 5.41) is 4.01. The summed E-state index contributed by atoms with van der Waals surface area (Å²) in [6, 6.07) is 1.59. The quantitative estimate of drug-likeness (QED) is 0.341. The van der Waals surface area contributed by atoms with Crippen LogP contribution in [0.5, 0.6) is 0 Å². The van der Waals surface area contributed by atoms with Gasteiger partial charge in [-0.2, -0.15) is 0 Å². The number of carbonyl (C=O) groups excluding carboxylic acids is 2. The first-order chi connectivity index (χ1) is 11.6. The van der Waals surface area contributed by atoms with Gasteiger partial charge in [0.05, 0.1) is 12.8 Å². The maximum absolute atomic E-state index is 12.2. The van der Waals surface area contributed by atoms with Crippen molar-refractivity contribution in [3.05, 3.63) is 35.4 Å². The molecule has 8 heteroatoms. The number of esters is 2. The van der Waals surface area contributed by atoms with Crippen LogP contribution in [0.2, 0.25) is 0 Å². The van der Waals surface area contributed by atoms with Crippen molar-refractivity contribution in [3.8, 4) is 0 Å². The molecule has 0 spiro atoms. The SMILES string of the molecule is CCOC(=O)c1c[nH+]c(C)c(N(N)/C=C(\NC)C(=O)OC(C)(C)C)c1. The number of nitrogens with two attached hydrogens (primary N) is 1. The zero-order chi connectivity index (χ0) is 19.2. The molecule has 1 rings (SSSR count). The van der Waals surface area contributed by atoms with Crippen LogP contribution in [-0.2, 0) is 14.3 Å². The van der Waals surface area contributed by atoms with Crippen molar-refractivity contribution in [1.29, 1.82) is 0 Å². The smallest absolute Gasteiger partial charge is 0.356 e. The summed E-state index contributed by atoms with van der Waals surface area (Å²) >= 11 is 0. The van der Waals surface area contributed by atoms with Gasteiger partial charge in [0, 0.05) is 14.0 Å². The number of hydrogen-bond acceptors (Lipinski definition) is 7. The van der Waals surface area contributed by atoms with Crippen LogP contribution in [0.25, 0.3) is 0 Å². The molecule has 0 aliphatic heterocycles. The van der Waals surface area contributed by atoms with Crippen molar-refractivity contribution < 1.29 is 24.0 Å². The number of carbonyl (C=O) groups is 2. The van der Waals surface area contributed by atoms with E-state index in [-0.39, 0.29) is 12.3 Å². The van der Waals surface area contributed by atoms with Gasteiger partial charge >= 0.3 is 11.9 Å². The Bertz CT molecular complexity index is 665. The molecule has 0 atom stereocenters. The predicted octanol–water partition coefficient (Wildman–Crippen LogP) is 1.07. The van der Waals surface area contributed by atoms with Gasteiger partial charge in [0.1, 0.15) is 22.5 Å². The molecule has 0 aliphatic rings. The Labute approximate surface area is 148 Å². The maximum atomic E-state index is 12.2. The second kappa shape index (κ2) is 8.48. The standard InChI is InChI=1S/C17H26N4O4/c1-7-24-15(22)12-8-14(11(2)20-9-12)21(18)10-13(19-6)16(23)25-17(3,4)5/h8-10,19H,7,18H2,1-6H3/p+1/b13-10-. The molecule has 8 nitrogen and oxygen atoms in total. The van der Waals surface area contributed by atoms with Crippen LogP contribution in [0.4, 0.5) is 5.69 Å². The molecular weight excluding hydrogens is 324 g/mol. The molecule has 1 aromatic heterocycles. The predicted molar refractivity (Wildman–Crippen MR) is 93.3 cm³/mol. The van der Waals surface area contributed by atoms with E-state index in [0.717, 1.165) is 0 Å². The van der Waals surface area contributed by atoms with Crippen LogP contribution in [0.15, 0.2) is 24.2 Å². The van der Waals surface area contributed by atoms with Gasteiger partial charge in [-0.1, -0.05) is 0 Å². The number of nitrogens with zero attached hydrogens (tertiary/aromatic N) is 1. The zero-order valence-corrected chi connectivity index (χ0v) is 15.6. The number of ether oxygens (including phenoxy) is 2. The van der Waals surface area contributed by atoms with Gasteiger partial charge in [-0.3, -0.25) is 5.01 Å². The highest BCUT2D eigenvalue weighted by molar-refractivity contribution is 5.90. The summed E-state index contributed by atoms with van der Waals surface area (Å²) in [6.07, 6.45) is 2.94. The zero-order valence-electron chi connectivity index (χ0n) is 15.6. The van der Waals surface area contributed by atoms with E-state index >= 15 is 0 Å². The van der Waals surface area contributed by atoms with Gasteiger partial charge in [-0.25, -0.2) is 20.4 Å². The Morgan fingerprint density at radius 2 is 2.04 bits per heavy atom. The van der Waals surface area contributed by atoms with Gasteiger partial charge in [0.2, 0.25) is 5.69 Å². The van der Waals surface area contributed by atoms with Crippen molar-refractivity contribution >= 4 is 17.6 Å². The normalized spacial score (nSPS) is 11.7. The van der Waals surface area contributed by atoms with Crippen LogP contribution in [-0.4, -0.2) is 31.2 Å². The van der Waals surface area contributed by atoms with Crippen LogP contribution < -0.4 is 21.2 Å². The first-order valence-electron chi connectivity index (χ1n) is 7.95. The van der Waals surface area contributed by atoms with Crippen LogP contribution in [0.3, 0.4) is 0 Å². The van der Waals surface area contributed by atoms with E-state index in [9.17, 15) is 9.59 Å². The van der Waals surface area contributed by atoms with Crippen molar-refractivity contribution in [2.45, 2.75) is 40.2 Å². The number of rotatable bonds is 6. The summed E-state index contributed by atoms with van der Waals surface area (Å²) < 4.78 is 10.3. The fraction of sp³-hybridized carbons (Fsp3) is 0.471. The largest absolute Gasteiger partial charge is 0.462 e. The average Bonchev–Trinajstić information content (AvgIpc) is 2.51. The molecule has 25 heavy (non-hydrogen) atoms. The molecule has 0 bridgehead atoms. The fourth-order valence-electron chi connectivity index (χ4n) is 1.92. The number of hydrogen-bond donors (Lipinski definition) is 2. The number of aromatic nitrogens is 1. The Morgan fingerprint density at radius 3 is 2.56 bits per heavy atom. The van der Waals surface area contributed by atoms with Crippen molar-refractivity contribution in [1.82, 2.24) is 5.32 Å². The highest BCUT2D eigenvalue weighted by atomic mass is 16.6. The Morgan fingerprint density at radius 1 is 1.40 bits per heavy atom. The molecule has 0 unspecified atom stereocenters. The van der Waals surface area contributed by atoms with Gasteiger partial charge < -0.3 is 14.8 Å². The molecular formula is C17H27N4O4+. The highest BCUT2D eigenvalue weighted by Crippen LogP contribution is 2.17. The minimum atomic E-state index is -0.625. The Hall–Kier alpha value is -2.61. The molecule has 0 amide bonds. The number of anilines is 1. The number of pyridine rings is 1. The number of hydrazine groups is 1. The van der Waals surface area contributed by atoms with Gasteiger partial charge in [0.15, 0.2) is 6.20 Å². The lowest BCUT2D eigenvalue weighted by molar-refractivity contribution is -0.386. The fourth-order valence-corrected chi connectivity index (χ4v) is 1.92. The third kappa shape index (κ3) is 6.07. The molecule has 0 saturated heterocycles. The number of likely N-dealkylation sites (N-methyl/N-ethyl adjacent to an activating group) is 1. The molecule has 0 aromatic carbocycles. The molecule has 1 aromatic rings. The summed E-state index contributed by atoms with van der Waals surface area (Å²) in [5.74, 6) is 5.06. The van der Waals surface area contributed by atoms with Crippen molar-refractivity contribution in [2.24, 2.45) is 5.84 Å². The van der Waals surface area contributed by atoms with E-state index < -0.39 is 17.5 Å². The van der Waals surface area contributed by atoms with E-state index in [1.807, 2.05) is 0 Å². The van der Waals surface area contributed by atoms with Gasteiger partial charge in [0.25, 0.3) is 0 Å². The van der Waals surface area contributed by atoms with E-state index in [2.05, 4.69) is 10.3 Å². The third-order valence-corrected chi connectivity index (χ3v) is 3.07. The number of nitrogens with one attached hydrogen (secondary N) is 2. The molecule has 0 fully saturated rings. The summed E-state index contributed by atoms with van der Waals surface area (Å²) in [7, 11) is 1.59. The molecule has 0 aliphatic carbocycles. The number of H-pyrrole nitrogens is 1. The highest BCUT2D eigenvalue weighted by Gasteiger charge is 2.21. The van der Waals surface area contributed by atoms with E-state index in [0.29, 0.717) is 16.9 Å². The van der Waals surface area contributed by atoms with Crippen LogP contribution in [0, 0.1) is 6.92 Å². The second-order valence-electron chi connectivity index (χ2n) is 6.32. The third-order valence-electron chi connectivity index (χ3n) is 3.07. The number of aryl methyl sites for hydroxylation is 1. The molecule has 1 heterocycles. The summed E-state index contributed by atoms with van der Waals surface area (Å²) in [6.45, 7) is 9.14. The van der Waals surface area contributed by atoms with Gasteiger partial charge in [-0.15, -0.1) is 0 Å². The Balaban J connectivity index is 3.12. The lowest BCUT2D eigenvalue weighted by Crippen LogP contribution is -2.33. The minimum Gasteiger partial charge on any atom is -0.462 e. The first-order valence-corrected chi connectivity index (χ1v) is 7.95. The minimum absolute atomic E-state index is 0.179. The van der Waals surface area contributed by atoms with E-state index in [1.165, 1.54) is 11.2 Å². The van der Waals surface area contributed by atoms with Gasteiger partial charge in [-0.05, 0) is 33.8 Å². The topological polar surface area (TPSA) is 108 Å². The summed E-state index contributed by atoms with van der Waals surface area (Å²) in [5.41, 5.74) is 1.11. The average molecular weight is 351 g/mol. The van der Waals surface area contributed by atoms with Crippen LogP contribution in [0.1, 0.15) is 43.7 Å². The lowest BCUT2D eigenvalue weighted by Gasteiger charge is -2.21. The second-order valence-corrected chi connectivity index (χ2v) is 6.32. The molecule has 138 valence electrons. The van der Waals surface area contributed by atoms with E-state index in [4.69, 9.17) is 15.3 Å². The monoisotopic (exact) mass is 351 g/mol. The molecule has 0 radical (unpaired) electrons.